The first-order valence-corrected chi connectivity index (χ1v) is 2.41. The van der Waals surface area contributed by atoms with Gasteiger partial charge in [0.25, 0.3) is 0 Å². The average Bonchev–Trinajstić information content (AvgIpc) is 1.69. The smallest absolute Gasteiger partial charge is 0.0398 e. The Bertz CT molecular complexity index is 137. The lowest BCUT2D eigenvalue weighted by molar-refractivity contribution is 1.48. The van der Waals surface area contributed by atoms with E-state index in [1.807, 2.05) is 18.2 Å². The van der Waals surface area contributed by atoms with Crippen LogP contribution in [-0.2, 0) is 0 Å². The summed E-state index contributed by atoms with van der Waals surface area (Å²) in [5.74, 6) is 0. The van der Waals surface area contributed by atoms with Gasteiger partial charge in [0.2, 0.25) is 0 Å². The molecule has 0 saturated carbocycles. The first-order valence-electron chi connectivity index (χ1n) is 2.41. The van der Waals surface area contributed by atoms with Crippen molar-refractivity contribution in [1.29, 1.82) is 0 Å². The first-order chi connectivity index (χ1) is 3.39. The van der Waals surface area contributed by atoms with Gasteiger partial charge in [0, 0.05) is 0 Å². The third kappa shape index (κ3) is 4.67. The van der Waals surface area contributed by atoms with E-state index in [1.54, 1.807) is 0 Å². The van der Waals surface area contributed by atoms with Crippen LogP contribution in [0.2, 0.25) is 0 Å². The lowest BCUT2D eigenvalue weighted by Crippen LogP contribution is -1.62. The van der Waals surface area contributed by atoms with Gasteiger partial charge in [0.05, 0.1) is 0 Å². The Morgan fingerprint density at radius 3 is 1.56 bits per heavy atom. The fourth-order valence-corrected chi connectivity index (χ4v) is 0.534. The van der Waals surface area contributed by atoms with Gasteiger partial charge < -0.3 is 0 Å². The molecule has 0 atom stereocenters. The minimum atomic E-state index is 0. The standard InChI is InChI=1S/C7H8.2BrH/c1-7-5-3-2-4-6-7;;/h2-6H,1H3;2*1H. The molecule has 1 aromatic rings. The largest absolute Gasteiger partial charge is 0.114 e. The van der Waals surface area contributed by atoms with Crippen LogP contribution in [0.15, 0.2) is 30.3 Å². The van der Waals surface area contributed by atoms with E-state index in [0.29, 0.717) is 0 Å². The van der Waals surface area contributed by atoms with Gasteiger partial charge in [-0.2, -0.15) is 0 Å². The Hall–Kier alpha value is 0.180. The molecule has 0 fully saturated rings. The highest BCUT2D eigenvalue weighted by Crippen LogP contribution is 1.92. The number of hydrogen-bond acceptors (Lipinski definition) is 0. The summed E-state index contributed by atoms with van der Waals surface area (Å²) >= 11 is 0. The van der Waals surface area contributed by atoms with E-state index in [1.165, 1.54) is 5.56 Å². The van der Waals surface area contributed by atoms with Gasteiger partial charge >= 0.3 is 0 Å². The number of aryl methyl sites for hydroxylation is 1. The molecule has 1 aromatic carbocycles. The molecular weight excluding hydrogens is 244 g/mol. The summed E-state index contributed by atoms with van der Waals surface area (Å²) in [6.07, 6.45) is 0. The zero-order valence-electron chi connectivity index (χ0n) is 5.20. The Kier molecular flexibility index (Phi) is 8.34. The summed E-state index contributed by atoms with van der Waals surface area (Å²) in [5, 5.41) is 0. The van der Waals surface area contributed by atoms with E-state index in [-0.39, 0.29) is 34.0 Å². The van der Waals surface area contributed by atoms with E-state index in [4.69, 9.17) is 0 Å². The molecule has 0 aromatic heterocycles. The second-order valence-electron chi connectivity index (χ2n) is 1.65. The SMILES string of the molecule is Br.Br.Cc1ccccc1. The van der Waals surface area contributed by atoms with Gasteiger partial charge in [0.1, 0.15) is 0 Å². The topological polar surface area (TPSA) is 0 Å². The summed E-state index contributed by atoms with van der Waals surface area (Å²) in [6.45, 7) is 2.08. The molecule has 0 heterocycles. The second-order valence-corrected chi connectivity index (χ2v) is 1.65. The van der Waals surface area contributed by atoms with Crippen LogP contribution >= 0.6 is 34.0 Å². The molecule has 0 unspecified atom stereocenters. The van der Waals surface area contributed by atoms with Crippen LogP contribution in [0.1, 0.15) is 5.56 Å². The molecule has 1 rings (SSSR count). The summed E-state index contributed by atoms with van der Waals surface area (Å²) in [5.41, 5.74) is 1.32. The van der Waals surface area contributed by atoms with Crippen molar-refractivity contribution in [3.8, 4) is 0 Å². The number of rotatable bonds is 0. The predicted molar refractivity (Wildman–Crippen MR) is 51.8 cm³/mol. The molecule has 0 aliphatic carbocycles. The normalized spacial score (nSPS) is 6.78. The number of halogens is 2. The van der Waals surface area contributed by atoms with Gasteiger partial charge in [-0.25, -0.2) is 0 Å². The molecule has 0 aliphatic heterocycles. The van der Waals surface area contributed by atoms with Crippen molar-refractivity contribution >= 4 is 34.0 Å². The summed E-state index contributed by atoms with van der Waals surface area (Å²) < 4.78 is 0. The zero-order valence-corrected chi connectivity index (χ0v) is 8.63. The van der Waals surface area contributed by atoms with Gasteiger partial charge in [-0.15, -0.1) is 34.0 Å². The van der Waals surface area contributed by atoms with Crippen molar-refractivity contribution in [3.05, 3.63) is 35.9 Å². The highest BCUT2D eigenvalue weighted by Gasteiger charge is 1.72. The molecule has 0 bridgehead atoms. The molecule has 0 nitrogen and oxygen atoms in total. The van der Waals surface area contributed by atoms with E-state index in [0.717, 1.165) is 0 Å². The quantitative estimate of drug-likeness (QED) is 0.667. The monoisotopic (exact) mass is 252 g/mol. The van der Waals surface area contributed by atoms with Gasteiger partial charge in [0.15, 0.2) is 0 Å². The van der Waals surface area contributed by atoms with Crippen LogP contribution in [0.25, 0.3) is 0 Å². The molecule has 0 saturated heterocycles. The molecule has 0 radical (unpaired) electrons. The minimum Gasteiger partial charge on any atom is -0.114 e. The molecule has 0 spiro atoms. The number of benzene rings is 1. The van der Waals surface area contributed by atoms with Crippen LogP contribution in [0.5, 0.6) is 0 Å². The molecule has 9 heavy (non-hydrogen) atoms. The summed E-state index contributed by atoms with van der Waals surface area (Å²) in [7, 11) is 0. The van der Waals surface area contributed by atoms with Crippen LogP contribution in [0.4, 0.5) is 0 Å². The van der Waals surface area contributed by atoms with Crippen LogP contribution < -0.4 is 0 Å². The Morgan fingerprint density at radius 2 is 1.33 bits per heavy atom. The van der Waals surface area contributed by atoms with Crippen molar-refractivity contribution < 1.29 is 0 Å². The molecule has 0 N–H and O–H groups in total. The van der Waals surface area contributed by atoms with Crippen molar-refractivity contribution in [1.82, 2.24) is 0 Å². The van der Waals surface area contributed by atoms with Crippen molar-refractivity contribution in [3.63, 3.8) is 0 Å². The van der Waals surface area contributed by atoms with Crippen LogP contribution in [-0.4, -0.2) is 0 Å². The van der Waals surface area contributed by atoms with Gasteiger partial charge in [-0.3, -0.25) is 0 Å². The lowest BCUT2D eigenvalue weighted by Gasteiger charge is -1.82. The van der Waals surface area contributed by atoms with E-state index >= 15 is 0 Å². The number of hydrogen-bond donors (Lipinski definition) is 0. The fourth-order valence-electron chi connectivity index (χ4n) is 0.534. The van der Waals surface area contributed by atoms with Crippen molar-refractivity contribution in [2.24, 2.45) is 0 Å². The minimum absolute atomic E-state index is 0. The Morgan fingerprint density at radius 1 is 0.889 bits per heavy atom. The highest BCUT2D eigenvalue weighted by atomic mass is 79.9. The van der Waals surface area contributed by atoms with Crippen LogP contribution in [0.3, 0.4) is 0 Å². The maximum Gasteiger partial charge on any atom is -0.0398 e. The molecular formula is C7H10Br2. The summed E-state index contributed by atoms with van der Waals surface area (Å²) in [4.78, 5) is 0. The highest BCUT2D eigenvalue weighted by molar-refractivity contribution is 8.93. The van der Waals surface area contributed by atoms with Crippen molar-refractivity contribution in [2.75, 3.05) is 0 Å². The zero-order chi connectivity index (χ0) is 5.11. The molecule has 0 aliphatic rings. The van der Waals surface area contributed by atoms with Gasteiger partial charge in [-0.1, -0.05) is 35.9 Å². The maximum absolute atomic E-state index is 2.08. The molecule has 2 heteroatoms. The van der Waals surface area contributed by atoms with Gasteiger partial charge in [-0.05, 0) is 6.92 Å². The average molecular weight is 254 g/mol. The van der Waals surface area contributed by atoms with E-state index in [9.17, 15) is 0 Å². The van der Waals surface area contributed by atoms with Crippen molar-refractivity contribution in [2.45, 2.75) is 6.92 Å². The fraction of sp³-hybridized carbons (Fsp3) is 0.143. The maximum atomic E-state index is 2.08. The van der Waals surface area contributed by atoms with E-state index < -0.39 is 0 Å². The Balaban J connectivity index is 0. The third-order valence-corrected chi connectivity index (χ3v) is 0.940. The molecule has 0 amide bonds. The third-order valence-electron chi connectivity index (χ3n) is 0.940. The molecule has 52 valence electrons. The van der Waals surface area contributed by atoms with E-state index in [2.05, 4.69) is 19.1 Å². The predicted octanol–water partition coefficient (Wildman–Crippen LogP) is 3.15. The lowest BCUT2D eigenvalue weighted by atomic mass is 10.2. The second kappa shape index (κ2) is 6.30. The van der Waals surface area contributed by atoms with Crippen LogP contribution in [0, 0.1) is 6.92 Å². The Labute approximate surface area is 76.8 Å². The summed E-state index contributed by atoms with van der Waals surface area (Å²) in [6, 6.07) is 10.3. The first kappa shape index (κ1) is 11.9.